The van der Waals surface area contributed by atoms with Gasteiger partial charge >= 0.3 is 0 Å². The average Bonchev–Trinajstić information content (AvgIpc) is 1.79. The zero-order chi connectivity index (χ0) is 10.9. The molecule has 0 aliphatic carbocycles. The van der Waals surface area contributed by atoms with Gasteiger partial charge in [0.2, 0.25) is 0 Å². The molecule has 2 atom stereocenters. The van der Waals surface area contributed by atoms with Gasteiger partial charge in [-0.1, -0.05) is 41.5 Å². The van der Waals surface area contributed by atoms with Gasteiger partial charge in [-0.05, 0) is 17.3 Å². The third-order valence-corrected chi connectivity index (χ3v) is 2.24. The van der Waals surface area contributed by atoms with E-state index in [2.05, 4.69) is 41.5 Å². The summed E-state index contributed by atoms with van der Waals surface area (Å²) in [5.41, 5.74) is 6.07. The van der Waals surface area contributed by atoms with Crippen LogP contribution in [-0.4, -0.2) is 17.3 Å². The van der Waals surface area contributed by atoms with E-state index in [1.165, 1.54) is 0 Å². The van der Waals surface area contributed by atoms with Crippen molar-refractivity contribution in [3.8, 4) is 0 Å². The first kappa shape index (κ1) is 12.9. The molecular weight excluding hydrogens is 162 g/mol. The van der Waals surface area contributed by atoms with Crippen molar-refractivity contribution in [1.29, 1.82) is 0 Å². The molecule has 0 aromatic carbocycles. The zero-order valence-corrected chi connectivity index (χ0v) is 9.89. The first-order chi connectivity index (χ1) is 5.54. The Hall–Kier alpha value is -0.0800. The Labute approximate surface area is 82.5 Å². The van der Waals surface area contributed by atoms with Crippen LogP contribution < -0.4 is 5.73 Å². The second kappa shape index (κ2) is 3.97. The van der Waals surface area contributed by atoms with Gasteiger partial charge in [0, 0.05) is 6.04 Å². The fourth-order valence-electron chi connectivity index (χ4n) is 1.33. The van der Waals surface area contributed by atoms with Crippen molar-refractivity contribution in [2.75, 3.05) is 0 Å². The Bertz CT molecular complexity index is 152. The van der Waals surface area contributed by atoms with Crippen LogP contribution in [0.2, 0.25) is 0 Å². The van der Waals surface area contributed by atoms with E-state index < -0.39 is 6.10 Å². The third-order valence-electron chi connectivity index (χ3n) is 2.24. The van der Waals surface area contributed by atoms with Gasteiger partial charge in [-0.15, -0.1) is 0 Å². The number of rotatable bonds is 2. The quantitative estimate of drug-likeness (QED) is 0.696. The molecule has 0 rings (SSSR count). The predicted molar refractivity (Wildman–Crippen MR) is 57.5 cm³/mol. The monoisotopic (exact) mass is 187 g/mol. The number of aliphatic hydroxyl groups is 1. The smallest absolute Gasteiger partial charge is 0.0701 e. The van der Waals surface area contributed by atoms with Crippen molar-refractivity contribution in [3.63, 3.8) is 0 Å². The summed E-state index contributed by atoms with van der Waals surface area (Å²) in [6, 6.07) is -0.147. The third kappa shape index (κ3) is 5.27. The molecule has 3 N–H and O–H groups in total. The number of hydrogen-bond acceptors (Lipinski definition) is 2. The van der Waals surface area contributed by atoms with Crippen molar-refractivity contribution < 1.29 is 5.11 Å². The highest BCUT2D eigenvalue weighted by molar-refractivity contribution is 4.85. The molecule has 0 saturated heterocycles. The van der Waals surface area contributed by atoms with Crippen molar-refractivity contribution in [3.05, 3.63) is 0 Å². The summed E-state index contributed by atoms with van der Waals surface area (Å²) in [6.45, 7) is 12.5. The molecule has 2 nitrogen and oxygen atoms in total. The molecule has 13 heavy (non-hydrogen) atoms. The van der Waals surface area contributed by atoms with Gasteiger partial charge in [0.05, 0.1) is 6.10 Å². The second-order valence-corrected chi connectivity index (χ2v) is 6.22. The lowest BCUT2D eigenvalue weighted by Crippen LogP contribution is -2.46. The Kier molecular flexibility index (Phi) is 3.95. The molecule has 0 unspecified atom stereocenters. The normalized spacial score (nSPS) is 18.5. The van der Waals surface area contributed by atoms with E-state index in [9.17, 15) is 5.11 Å². The Morgan fingerprint density at radius 1 is 1.08 bits per heavy atom. The highest BCUT2D eigenvalue weighted by Crippen LogP contribution is 2.27. The maximum Gasteiger partial charge on any atom is 0.0701 e. The van der Waals surface area contributed by atoms with Crippen LogP contribution in [0, 0.1) is 10.8 Å². The van der Waals surface area contributed by atoms with Crippen LogP contribution in [0.25, 0.3) is 0 Å². The van der Waals surface area contributed by atoms with Crippen LogP contribution in [0.3, 0.4) is 0 Å². The lowest BCUT2D eigenvalue weighted by molar-refractivity contribution is 0.0574. The predicted octanol–water partition coefficient (Wildman–Crippen LogP) is 2.16. The molecule has 0 saturated carbocycles. The van der Waals surface area contributed by atoms with E-state index >= 15 is 0 Å². The van der Waals surface area contributed by atoms with E-state index in [-0.39, 0.29) is 16.9 Å². The van der Waals surface area contributed by atoms with Crippen LogP contribution >= 0.6 is 0 Å². The van der Waals surface area contributed by atoms with Crippen molar-refractivity contribution >= 4 is 0 Å². The maximum absolute atomic E-state index is 9.86. The summed E-state index contributed by atoms with van der Waals surface area (Å²) in [4.78, 5) is 0. The summed E-state index contributed by atoms with van der Waals surface area (Å²) in [6.07, 6.45) is 0.353. The minimum absolute atomic E-state index is 0.0231. The summed E-state index contributed by atoms with van der Waals surface area (Å²) in [7, 11) is 0. The van der Waals surface area contributed by atoms with Crippen molar-refractivity contribution in [1.82, 2.24) is 0 Å². The molecule has 0 amide bonds. The molecule has 0 aromatic heterocycles. The Morgan fingerprint density at radius 2 is 1.46 bits per heavy atom. The molecule has 0 radical (unpaired) electrons. The van der Waals surface area contributed by atoms with E-state index in [1.54, 1.807) is 0 Å². The SMILES string of the molecule is CC(C)(C)C[C@@H](O)[C@H](N)C(C)(C)C. The summed E-state index contributed by atoms with van der Waals surface area (Å²) in [5.74, 6) is 0. The summed E-state index contributed by atoms with van der Waals surface area (Å²) < 4.78 is 0. The highest BCUT2D eigenvalue weighted by atomic mass is 16.3. The molecule has 0 bridgehead atoms. The molecule has 0 fully saturated rings. The average molecular weight is 187 g/mol. The van der Waals surface area contributed by atoms with Gasteiger partial charge in [0.25, 0.3) is 0 Å². The Morgan fingerprint density at radius 3 is 1.69 bits per heavy atom. The van der Waals surface area contributed by atoms with Gasteiger partial charge in [-0.3, -0.25) is 0 Å². The first-order valence-corrected chi connectivity index (χ1v) is 4.98. The molecule has 0 spiro atoms. The van der Waals surface area contributed by atoms with Crippen LogP contribution in [0.5, 0.6) is 0 Å². The zero-order valence-electron chi connectivity index (χ0n) is 9.89. The van der Waals surface area contributed by atoms with Crippen LogP contribution in [0.4, 0.5) is 0 Å². The molecular formula is C11H25NO. The standard InChI is InChI=1S/C11H25NO/c1-10(2,3)7-8(13)9(12)11(4,5)6/h8-9,13H,7,12H2,1-6H3/t8-,9+/m1/s1. The maximum atomic E-state index is 9.86. The van der Waals surface area contributed by atoms with Crippen molar-refractivity contribution in [2.24, 2.45) is 16.6 Å². The van der Waals surface area contributed by atoms with Crippen LogP contribution in [0.15, 0.2) is 0 Å². The largest absolute Gasteiger partial charge is 0.391 e. The van der Waals surface area contributed by atoms with Crippen molar-refractivity contribution in [2.45, 2.75) is 60.1 Å². The second-order valence-electron chi connectivity index (χ2n) is 6.22. The van der Waals surface area contributed by atoms with Crippen LogP contribution in [0.1, 0.15) is 48.0 Å². The molecule has 0 heterocycles. The van der Waals surface area contributed by atoms with Gasteiger partial charge in [-0.25, -0.2) is 0 Å². The van der Waals surface area contributed by atoms with Gasteiger partial charge in [0.1, 0.15) is 0 Å². The fraction of sp³-hybridized carbons (Fsp3) is 1.00. The fourth-order valence-corrected chi connectivity index (χ4v) is 1.33. The van der Waals surface area contributed by atoms with E-state index in [0.29, 0.717) is 0 Å². The lowest BCUT2D eigenvalue weighted by Gasteiger charge is -2.34. The first-order valence-electron chi connectivity index (χ1n) is 4.98. The summed E-state index contributed by atoms with van der Waals surface area (Å²) in [5, 5.41) is 9.86. The molecule has 2 heteroatoms. The molecule has 0 aliphatic rings. The Balaban J connectivity index is 4.20. The summed E-state index contributed by atoms with van der Waals surface area (Å²) >= 11 is 0. The number of aliphatic hydroxyl groups excluding tert-OH is 1. The van der Waals surface area contributed by atoms with E-state index in [0.717, 1.165) is 6.42 Å². The molecule has 0 aromatic rings. The number of hydrogen-bond donors (Lipinski definition) is 2. The molecule has 0 aliphatic heterocycles. The number of nitrogens with two attached hydrogens (primary N) is 1. The van der Waals surface area contributed by atoms with Gasteiger partial charge in [0.15, 0.2) is 0 Å². The topological polar surface area (TPSA) is 46.2 Å². The van der Waals surface area contributed by atoms with Gasteiger partial charge < -0.3 is 10.8 Å². The van der Waals surface area contributed by atoms with Gasteiger partial charge in [-0.2, -0.15) is 0 Å². The van der Waals surface area contributed by atoms with E-state index in [4.69, 9.17) is 5.73 Å². The minimum atomic E-state index is -0.403. The molecule has 80 valence electrons. The van der Waals surface area contributed by atoms with Crippen LogP contribution in [-0.2, 0) is 0 Å². The lowest BCUT2D eigenvalue weighted by atomic mass is 9.78. The highest BCUT2D eigenvalue weighted by Gasteiger charge is 2.30. The van der Waals surface area contributed by atoms with E-state index in [1.807, 2.05) is 0 Å². The minimum Gasteiger partial charge on any atom is -0.391 e.